The molecule has 0 radical (unpaired) electrons. The van der Waals surface area contributed by atoms with Crippen molar-refractivity contribution in [1.82, 2.24) is 0 Å². The van der Waals surface area contributed by atoms with E-state index >= 15 is 0 Å². The Balaban J connectivity index is 2.59. The van der Waals surface area contributed by atoms with Crippen LogP contribution in [0.4, 0.5) is 0 Å². The molecule has 0 N–H and O–H groups in total. The van der Waals surface area contributed by atoms with Gasteiger partial charge >= 0.3 is 0 Å². The van der Waals surface area contributed by atoms with E-state index in [2.05, 4.69) is 0 Å². The average molecular weight is 178 g/mol. The molecule has 3 nitrogen and oxygen atoms in total. The minimum absolute atomic E-state index is 0.514. The van der Waals surface area contributed by atoms with E-state index in [1.165, 1.54) is 0 Å². The van der Waals surface area contributed by atoms with Crippen LogP contribution < -0.4 is 4.74 Å². The summed E-state index contributed by atoms with van der Waals surface area (Å²) in [5, 5.41) is 0. The molecular formula is C10H10O3. The molecule has 0 fully saturated rings. The number of hydrogen-bond acceptors (Lipinski definition) is 3. The van der Waals surface area contributed by atoms with E-state index in [9.17, 15) is 4.79 Å². The third-order valence-corrected chi connectivity index (χ3v) is 2.26. The van der Waals surface area contributed by atoms with Gasteiger partial charge in [0.2, 0.25) is 0 Å². The Morgan fingerprint density at radius 1 is 1.46 bits per heavy atom. The number of hydrogen-bond donors (Lipinski definition) is 0. The van der Waals surface area contributed by atoms with Crippen LogP contribution in [0.2, 0.25) is 0 Å². The topological polar surface area (TPSA) is 35.5 Å². The van der Waals surface area contributed by atoms with Gasteiger partial charge in [-0.25, -0.2) is 0 Å². The van der Waals surface area contributed by atoms with Crippen molar-refractivity contribution in [3.8, 4) is 5.75 Å². The third kappa shape index (κ3) is 1.21. The smallest absolute Gasteiger partial charge is 0.154 e. The second-order valence-electron chi connectivity index (χ2n) is 2.93. The van der Waals surface area contributed by atoms with Gasteiger partial charge < -0.3 is 9.47 Å². The highest BCUT2D eigenvalue weighted by molar-refractivity contribution is 5.82. The maximum Gasteiger partial charge on any atom is 0.154 e. The Kier molecular flexibility index (Phi) is 2.02. The summed E-state index contributed by atoms with van der Waals surface area (Å²) in [4.78, 5) is 10.8. The van der Waals surface area contributed by atoms with Gasteiger partial charge in [-0.05, 0) is 17.2 Å². The summed E-state index contributed by atoms with van der Waals surface area (Å²) in [5.41, 5.74) is 2.68. The number of carbonyl (C=O) groups excluding carboxylic acids is 1. The van der Waals surface area contributed by atoms with Gasteiger partial charge in [0.05, 0.1) is 25.9 Å². The molecule has 0 atom stereocenters. The summed E-state index contributed by atoms with van der Waals surface area (Å²) in [6, 6.07) is 3.74. The van der Waals surface area contributed by atoms with Crippen LogP contribution in [0, 0.1) is 0 Å². The van der Waals surface area contributed by atoms with Crippen molar-refractivity contribution in [2.75, 3.05) is 7.11 Å². The molecule has 0 aromatic heterocycles. The number of fused-ring (bicyclic) bond motifs is 1. The molecule has 1 aromatic rings. The molecule has 0 saturated heterocycles. The monoisotopic (exact) mass is 178 g/mol. The zero-order valence-corrected chi connectivity index (χ0v) is 7.37. The van der Waals surface area contributed by atoms with Gasteiger partial charge in [-0.2, -0.15) is 0 Å². The molecular weight excluding hydrogens is 168 g/mol. The lowest BCUT2D eigenvalue weighted by atomic mass is 10.0. The number of rotatable bonds is 2. The lowest BCUT2D eigenvalue weighted by Gasteiger charge is -2.06. The summed E-state index contributed by atoms with van der Waals surface area (Å²) in [6.07, 6.45) is 0.826. The molecule has 2 rings (SSSR count). The van der Waals surface area contributed by atoms with Crippen LogP contribution in [-0.2, 0) is 18.0 Å². The molecule has 0 spiro atoms. The van der Waals surface area contributed by atoms with E-state index < -0.39 is 0 Å². The largest absolute Gasteiger partial charge is 0.496 e. The van der Waals surface area contributed by atoms with E-state index in [1.54, 1.807) is 13.2 Å². The van der Waals surface area contributed by atoms with Gasteiger partial charge in [-0.3, -0.25) is 4.79 Å². The summed E-state index contributed by atoms with van der Waals surface area (Å²) in [5.74, 6) is 0.624. The van der Waals surface area contributed by atoms with Crippen LogP contribution >= 0.6 is 0 Å². The summed E-state index contributed by atoms with van der Waals surface area (Å²) in [6.45, 7) is 1.11. The Labute approximate surface area is 76.3 Å². The number of benzene rings is 1. The Hall–Kier alpha value is -1.35. The van der Waals surface area contributed by atoms with Gasteiger partial charge in [0.1, 0.15) is 5.75 Å². The molecule has 1 aliphatic rings. The van der Waals surface area contributed by atoms with Gasteiger partial charge in [-0.15, -0.1) is 0 Å². The van der Waals surface area contributed by atoms with Crippen molar-refractivity contribution >= 4 is 6.29 Å². The maximum atomic E-state index is 10.8. The van der Waals surface area contributed by atoms with Crippen molar-refractivity contribution in [1.29, 1.82) is 0 Å². The van der Waals surface area contributed by atoms with Gasteiger partial charge in [-0.1, -0.05) is 6.07 Å². The number of ether oxygens (including phenoxy) is 2. The van der Waals surface area contributed by atoms with Crippen LogP contribution in [0.5, 0.6) is 5.75 Å². The first-order valence-electron chi connectivity index (χ1n) is 4.08. The molecule has 1 aromatic carbocycles. The molecule has 0 unspecified atom stereocenters. The quantitative estimate of drug-likeness (QED) is 0.644. The first-order chi connectivity index (χ1) is 6.36. The fourth-order valence-electron chi connectivity index (χ4n) is 1.56. The fourth-order valence-corrected chi connectivity index (χ4v) is 1.56. The lowest BCUT2D eigenvalue weighted by Crippen LogP contribution is -1.96. The molecule has 0 saturated carbocycles. The summed E-state index contributed by atoms with van der Waals surface area (Å²) < 4.78 is 10.3. The molecule has 1 aliphatic heterocycles. The fraction of sp³-hybridized carbons (Fsp3) is 0.300. The number of carbonyl (C=O) groups is 1. The molecule has 1 heterocycles. The van der Waals surface area contributed by atoms with Crippen LogP contribution in [0.3, 0.4) is 0 Å². The van der Waals surface area contributed by atoms with Gasteiger partial charge in [0.25, 0.3) is 0 Å². The highest BCUT2D eigenvalue weighted by atomic mass is 16.5. The van der Waals surface area contributed by atoms with Crippen LogP contribution in [0.15, 0.2) is 12.1 Å². The van der Waals surface area contributed by atoms with Crippen LogP contribution in [0.25, 0.3) is 0 Å². The Bertz CT molecular complexity index is 344. The lowest BCUT2D eigenvalue weighted by molar-refractivity contribution is 0.111. The molecule has 0 bridgehead atoms. The maximum absolute atomic E-state index is 10.8. The Morgan fingerprint density at radius 3 is 3.00 bits per heavy atom. The molecule has 13 heavy (non-hydrogen) atoms. The van der Waals surface area contributed by atoms with Crippen molar-refractivity contribution in [3.05, 3.63) is 28.8 Å². The van der Waals surface area contributed by atoms with E-state index in [4.69, 9.17) is 9.47 Å². The van der Waals surface area contributed by atoms with Crippen LogP contribution in [0.1, 0.15) is 21.5 Å². The van der Waals surface area contributed by atoms with E-state index in [0.717, 1.165) is 17.4 Å². The number of aldehydes is 1. The summed E-state index contributed by atoms with van der Waals surface area (Å²) >= 11 is 0. The highest BCUT2D eigenvalue weighted by Gasteiger charge is 2.18. The SMILES string of the molecule is COc1ccc2c(c1C=O)COC2. The zero-order valence-electron chi connectivity index (χ0n) is 7.37. The Morgan fingerprint density at radius 2 is 2.31 bits per heavy atom. The van der Waals surface area contributed by atoms with Crippen molar-refractivity contribution in [2.24, 2.45) is 0 Å². The number of methoxy groups -OCH3 is 1. The average Bonchev–Trinajstić information content (AvgIpc) is 2.63. The third-order valence-electron chi connectivity index (χ3n) is 2.26. The predicted molar refractivity (Wildman–Crippen MR) is 46.9 cm³/mol. The minimum Gasteiger partial charge on any atom is -0.496 e. The van der Waals surface area contributed by atoms with Crippen molar-refractivity contribution < 1.29 is 14.3 Å². The summed E-state index contributed by atoms with van der Waals surface area (Å²) in [7, 11) is 1.56. The van der Waals surface area contributed by atoms with E-state index in [0.29, 0.717) is 24.5 Å². The molecule has 0 aliphatic carbocycles. The zero-order chi connectivity index (χ0) is 9.26. The standard InChI is InChI=1S/C10H10O3/c1-12-10-3-2-7-5-13-6-9(7)8(10)4-11/h2-4H,5-6H2,1H3. The van der Waals surface area contributed by atoms with Crippen molar-refractivity contribution in [2.45, 2.75) is 13.2 Å². The van der Waals surface area contributed by atoms with Crippen LogP contribution in [-0.4, -0.2) is 13.4 Å². The minimum atomic E-state index is 0.514. The molecule has 3 heteroatoms. The first kappa shape index (κ1) is 8.26. The van der Waals surface area contributed by atoms with Gasteiger partial charge in [0, 0.05) is 0 Å². The van der Waals surface area contributed by atoms with Gasteiger partial charge in [0.15, 0.2) is 6.29 Å². The highest BCUT2D eigenvalue weighted by Crippen LogP contribution is 2.29. The first-order valence-corrected chi connectivity index (χ1v) is 4.08. The normalized spacial score (nSPS) is 13.9. The van der Waals surface area contributed by atoms with E-state index in [1.807, 2.05) is 6.07 Å². The second-order valence-corrected chi connectivity index (χ2v) is 2.93. The predicted octanol–water partition coefficient (Wildman–Crippen LogP) is 1.54. The second kappa shape index (κ2) is 3.18. The van der Waals surface area contributed by atoms with E-state index in [-0.39, 0.29) is 0 Å². The molecule has 68 valence electrons. The molecule has 0 amide bonds. The van der Waals surface area contributed by atoms with Crippen molar-refractivity contribution in [3.63, 3.8) is 0 Å².